The molecule has 0 fully saturated rings. The van der Waals surface area contributed by atoms with Crippen molar-refractivity contribution in [3.8, 4) is 5.75 Å². The molecule has 22 heavy (non-hydrogen) atoms. The van der Waals surface area contributed by atoms with Gasteiger partial charge in [-0.2, -0.15) is 0 Å². The Labute approximate surface area is 140 Å². The molecule has 0 aliphatic heterocycles. The number of amides is 1. The minimum atomic E-state index is -0.529. The Kier molecular flexibility index (Phi) is 6.70. The van der Waals surface area contributed by atoms with Crippen molar-refractivity contribution < 1.29 is 14.6 Å². The summed E-state index contributed by atoms with van der Waals surface area (Å²) in [6, 6.07) is 4.60. The van der Waals surface area contributed by atoms with E-state index in [-0.39, 0.29) is 5.75 Å². The molecular formula is C14H20ClN3O3S. The van der Waals surface area contributed by atoms with E-state index >= 15 is 0 Å². The molecule has 0 heterocycles. The first kappa shape index (κ1) is 18.3. The first-order valence-electron chi connectivity index (χ1n) is 6.67. The predicted molar refractivity (Wildman–Crippen MR) is 91.6 cm³/mol. The van der Waals surface area contributed by atoms with E-state index in [0.29, 0.717) is 28.9 Å². The maximum absolute atomic E-state index is 11.4. The van der Waals surface area contributed by atoms with E-state index in [2.05, 4.69) is 16.0 Å². The summed E-state index contributed by atoms with van der Waals surface area (Å²) in [7, 11) is 0. The third-order valence-corrected chi connectivity index (χ3v) is 2.77. The summed E-state index contributed by atoms with van der Waals surface area (Å²) < 4.78 is 5.10. The molecule has 0 aliphatic rings. The normalized spacial score (nSPS) is 10.7. The van der Waals surface area contributed by atoms with Crippen LogP contribution >= 0.6 is 23.8 Å². The van der Waals surface area contributed by atoms with E-state index < -0.39 is 11.7 Å². The van der Waals surface area contributed by atoms with Crippen LogP contribution in [-0.2, 0) is 4.74 Å². The van der Waals surface area contributed by atoms with E-state index in [4.69, 9.17) is 28.6 Å². The molecule has 0 saturated heterocycles. The number of phenolic OH excluding ortho intramolecular Hbond substituents is 1. The predicted octanol–water partition coefficient (Wildman–Crippen LogP) is 2.86. The second-order valence-electron chi connectivity index (χ2n) is 5.47. The highest BCUT2D eigenvalue weighted by Gasteiger charge is 2.15. The van der Waals surface area contributed by atoms with Crippen molar-refractivity contribution in [1.29, 1.82) is 0 Å². The second kappa shape index (κ2) is 8.05. The average Bonchev–Trinajstić information content (AvgIpc) is 2.37. The molecule has 122 valence electrons. The summed E-state index contributed by atoms with van der Waals surface area (Å²) in [5, 5.41) is 18.8. The van der Waals surface area contributed by atoms with Crippen LogP contribution in [0.4, 0.5) is 10.5 Å². The Morgan fingerprint density at radius 2 is 1.95 bits per heavy atom. The van der Waals surface area contributed by atoms with Crippen LogP contribution in [0.25, 0.3) is 0 Å². The number of thiocarbonyl (C=S) groups is 1. The summed E-state index contributed by atoms with van der Waals surface area (Å²) in [5.74, 6) is 0.0421. The van der Waals surface area contributed by atoms with E-state index in [1.165, 1.54) is 6.07 Å². The first-order chi connectivity index (χ1) is 10.2. The fraction of sp³-hybridized carbons (Fsp3) is 0.429. The third-order valence-electron chi connectivity index (χ3n) is 2.29. The Morgan fingerprint density at radius 3 is 2.59 bits per heavy atom. The van der Waals surface area contributed by atoms with Crippen molar-refractivity contribution in [2.75, 3.05) is 18.4 Å². The van der Waals surface area contributed by atoms with Crippen LogP contribution in [0.2, 0.25) is 5.02 Å². The first-order valence-corrected chi connectivity index (χ1v) is 7.46. The summed E-state index contributed by atoms with van der Waals surface area (Å²) in [6.07, 6.45) is -0.485. The van der Waals surface area contributed by atoms with Gasteiger partial charge in [-0.15, -0.1) is 0 Å². The summed E-state index contributed by atoms with van der Waals surface area (Å²) >= 11 is 10.9. The molecule has 0 bridgehead atoms. The molecule has 0 saturated carbocycles. The summed E-state index contributed by atoms with van der Waals surface area (Å²) in [4.78, 5) is 11.4. The fourth-order valence-electron chi connectivity index (χ4n) is 1.43. The molecule has 8 heteroatoms. The Hall–Kier alpha value is -1.73. The molecule has 0 aliphatic carbocycles. The number of aromatic hydroxyl groups is 1. The monoisotopic (exact) mass is 345 g/mol. The Bertz CT molecular complexity index is 547. The van der Waals surface area contributed by atoms with Crippen LogP contribution < -0.4 is 16.0 Å². The molecule has 1 aromatic carbocycles. The van der Waals surface area contributed by atoms with Crippen LogP contribution in [0.3, 0.4) is 0 Å². The quantitative estimate of drug-likeness (QED) is 0.381. The van der Waals surface area contributed by atoms with Crippen LogP contribution in [0.1, 0.15) is 20.8 Å². The SMILES string of the molecule is CC(C)(C)OC(=O)NCCNC(=S)Nc1cc(Cl)ccc1O. The second-order valence-corrected chi connectivity index (χ2v) is 6.32. The van der Waals surface area contributed by atoms with Gasteiger partial charge in [-0.1, -0.05) is 11.6 Å². The van der Waals surface area contributed by atoms with Gasteiger partial charge in [-0.05, 0) is 51.2 Å². The molecule has 0 atom stereocenters. The van der Waals surface area contributed by atoms with Crippen LogP contribution in [0, 0.1) is 0 Å². The third kappa shape index (κ3) is 7.33. The number of phenols is 1. The van der Waals surface area contributed by atoms with Crippen LogP contribution in [-0.4, -0.2) is 35.0 Å². The number of rotatable bonds is 4. The highest BCUT2D eigenvalue weighted by atomic mass is 35.5. The molecule has 0 radical (unpaired) electrons. The lowest BCUT2D eigenvalue weighted by Gasteiger charge is -2.19. The number of anilines is 1. The van der Waals surface area contributed by atoms with Gasteiger partial charge in [0.2, 0.25) is 0 Å². The van der Waals surface area contributed by atoms with Crippen LogP contribution in [0.5, 0.6) is 5.75 Å². The van der Waals surface area contributed by atoms with Gasteiger partial charge in [-0.25, -0.2) is 4.79 Å². The van der Waals surface area contributed by atoms with Gasteiger partial charge in [0, 0.05) is 18.1 Å². The molecule has 0 unspecified atom stereocenters. The molecule has 1 aromatic rings. The number of carbonyl (C=O) groups is 1. The van der Waals surface area contributed by atoms with Gasteiger partial charge >= 0.3 is 6.09 Å². The minimum Gasteiger partial charge on any atom is -0.506 e. The highest BCUT2D eigenvalue weighted by molar-refractivity contribution is 7.80. The zero-order valence-corrected chi connectivity index (χ0v) is 14.3. The Balaban J connectivity index is 2.29. The number of carbonyl (C=O) groups excluding carboxylic acids is 1. The number of hydrogen-bond acceptors (Lipinski definition) is 4. The van der Waals surface area contributed by atoms with Gasteiger partial charge in [-0.3, -0.25) is 0 Å². The van der Waals surface area contributed by atoms with E-state index in [1.54, 1.807) is 32.9 Å². The van der Waals surface area contributed by atoms with Gasteiger partial charge < -0.3 is 25.8 Å². The number of halogens is 1. The summed E-state index contributed by atoms with van der Waals surface area (Å²) in [5.41, 5.74) is -0.122. The largest absolute Gasteiger partial charge is 0.506 e. The number of ether oxygens (including phenoxy) is 1. The molecule has 1 rings (SSSR count). The maximum Gasteiger partial charge on any atom is 0.407 e. The van der Waals surface area contributed by atoms with Crippen LogP contribution in [0.15, 0.2) is 18.2 Å². The van der Waals surface area contributed by atoms with Gasteiger partial charge in [0.15, 0.2) is 5.11 Å². The Morgan fingerprint density at radius 1 is 1.32 bits per heavy atom. The van der Waals surface area contributed by atoms with Crippen molar-refractivity contribution in [2.45, 2.75) is 26.4 Å². The molecule has 6 nitrogen and oxygen atoms in total. The van der Waals surface area contributed by atoms with Crippen molar-refractivity contribution in [3.63, 3.8) is 0 Å². The highest BCUT2D eigenvalue weighted by Crippen LogP contribution is 2.26. The van der Waals surface area contributed by atoms with Gasteiger partial charge in [0.25, 0.3) is 0 Å². The van der Waals surface area contributed by atoms with Crippen molar-refractivity contribution in [3.05, 3.63) is 23.2 Å². The topological polar surface area (TPSA) is 82.6 Å². The van der Waals surface area contributed by atoms with Gasteiger partial charge in [0.05, 0.1) is 5.69 Å². The van der Waals surface area contributed by atoms with E-state index in [0.717, 1.165) is 0 Å². The van der Waals surface area contributed by atoms with Crippen molar-refractivity contribution in [1.82, 2.24) is 10.6 Å². The maximum atomic E-state index is 11.4. The lowest BCUT2D eigenvalue weighted by molar-refractivity contribution is 0.0529. The molecule has 0 aromatic heterocycles. The number of hydrogen-bond donors (Lipinski definition) is 4. The lowest BCUT2D eigenvalue weighted by atomic mass is 10.2. The van der Waals surface area contributed by atoms with E-state index in [1.807, 2.05) is 0 Å². The number of benzene rings is 1. The van der Waals surface area contributed by atoms with Crippen molar-refractivity contribution in [2.24, 2.45) is 0 Å². The zero-order valence-electron chi connectivity index (χ0n) is 12.7. The molecule has 4 N–H and O–H groups in total. The molecule has 0 spiro atoms. The molecule has 1 amide bonds. The average molecular weight is 346 g/mol. The summed E-state index contributed by atoms with van der Waals surface area (Å²) in [6.45, 7) is 6.13. The standard InChI is InChI=1S/C14H20ClN3O3S/c1-14(2,3)21-13(20)17-7-6-16-12(22)18-10-8-9(15)4-5-11(10)19/h4-5,8,19H,6-7H2,1-3H3,(H,17,20)(H2,16,18,22). The van der Waals surface area contributed by atoms with Crippen molar-refractivity contribution >= 4 is 40.7 Å². The smallest absolute Gasteiger partial charge is 0.407 e. The fourth-order valence-corrected chi connectivity index (χ4v) is 1.81. The van der Waals surface area contributed by atoms with E-state index in [9.17, 15) is 9.90 Å². The van der Waals surface area contributed by atoms with Gasteiger partial charge in [0.1, 0.15) is 11.4 Å². The minimum absolute atomic E-state index is 0.0421. The number of alkyl carbamates (subject to hydrolysis) is 1. The lowest BCUT2D eigenvalue weighted by Crippen LogP contribution is -2.39. The molecular weight excluding hydrogens is 326 g/mol. The number of nitrogens with one attached hydrogen (secondary N) is 3. The zero-order chi connectivity index (χ0) is 16.8.